The van der Waals surface area contributed by atoms with E-state index in [2.05, 4.69) is 54.6 Å². The van der Waals surface area contributed by atoms with Crippen molar-refractivity contribution < 1.29 is 33.2 Å². The van der Waals surface area contributed by atoms with Crippen molar-refractivity contribution in [3.63, 3.8) is 0 Å². The van der Waals surface area contributed by atoms with Crippen LogP contribution in [-0.4, -0.2) is 52.0 Å². The summed E-state index contributed by atoms with van der Waals surface area (Å²) >= 11 is 0. The lowest BCUT2D eigenvalue weighted by molar-refractivity contribution is 0.0225. The minimum absolute atomic E-state index is 0.140. The monoisotopic (exact) mass is 614 g/mol. The van der Waals surface area contributed by atoms with Gasteiger partial charge in [-0.15, -0.1) is 0 Å². The van der Waals surface area contributed by atoms with E-state index < -0.39 is 0 Å². The molecule has 8 rings (SSSR count). The quantitative estimate of drug-likeness (QED) is 0.0734. The van der Waals surface area contributed by atoms with Gasteiger partial charge in [-0.3, -0.25) is 0 Å². The van der Waals surface area contributed by atoms with Gasteiger partial charge in [0.05, 0.1) is 13.2 Å². The summed E-state index contributed by atoms with van der Waals surface area (Å²) in [5.74, 6) is 3.88. The van der Waals surface area contributed by atoms with Crippen LogP contribution >= 0.6 is 0 Å². The van der Waals surface area contributed by atoms with Crippen LogP contribution < -0.4 is 18.9 Å². The molecule has 0 N–H and O–H groups in total. The second kappa shape index (κ2) is 12.5. The maximum Gasteiger partial charge on any atom is 0.189 e. The Bertz CT molecular complexity index is 2030. The van der Waals surface area contributed by atoms with Crippen LogP contribution in [-0.2, 0) is 14.2 Å². The Hall–Kier alpha value is -4.82. The fraction of sp³-hybridized carbons (Fsp3) is 0.231. The van der Waals surface area contributed by atoms with Crippen LogP contribution in [0.1, 0.15) is 6.92 Å². The maximum atomic E-state index is 6.46. The van der Waals surface area contributed by atoms with E-state index in [0.717, 1.165) is 85.4 Å². The van der Waals surface area contributed by atoms with E-state index in [4.69, 9.17) is 33.2 Å². The second-order valence-electron chi connectivity index (χ2n) is 11.6. The third-order valence-corrected chi connectivity index (χ3v) is 8.25. The summed E-state index contributed by atoms with van der Waals surface area (Å²) in [7, 11) is 0. The Morgan fingerprint density at radius 3 is 1.85 bits per heavy atom. The van der Waals surface area contributed by atoms with Gasteiger partial charge in [-0.2, -0.15) is 0 Å². The molecule has 46 heavy (non-hydrogen) atoms. The van der Waals surface area contributed by atoms with Crippen molar-refractivity contribution in [2.24, 2.45) is 0 Å². The largest absolute Gasteiger partial charge is 0.491 e. The molecule has 2 fully saturated rings. The van der Waals surface area contributed by atoms with E-state index in [0.29, 0.717) is 19.8 Å². The van der Waals surface area contributed by atoms with Crippen molar-refractivity contribution in [1.29, 1.82) is 0 Å². The first-order chi connectivity index (χ1) is 22.7. The van der Waals surface area contributed by atoms with Crippen LogP contribution in [0.2, 0.25) is 0 Å². The molecular formula is C39H34O7. The summed E-state index contributed by atoms with van der Waals surface area (Å²) in [6, 6.07) is 35.1. The molecule has 6 aromatic rings. The summed E-state index contributed by atoms with van der Waals surface area (Å²) in [5, 5.41) is 6.48. The lowest BCUT2D eigenvalue weighted by Gasteiger charge is -2.16. The smallest absolute Gasteiger partial charge is 0.189 e. The molecule has 0 radical (unpaired) electrons. The van der Waals surface area contributed by atoms with E-state index in [-0.39, 0.29) is 19.0 Å². The van der Waals surface area contributed by atoms with Crippen molar-refractivity contribution in [1.82, 2.24) is 0 Å². The average Bonchev–Trinajstić information content (AvgIpc) is 4.02. The average molecular weight is 615 g/mol. The number of fused-ring (bicyclic) bond motifs is 3. The highest BCUT2D eigenvalue weighted by molar-refractivity contribution is 6.02. The van der Waals surface area contributed by atoms with E-state index in [1.54, 1.807) is 0 Å². The molecule has 0 aromatic heterocycles. The highest BCUT2D eigenvalue weighted by atomic mass is 16.7. The first-order valence-corrected chi connectivity index (χ1v) is 15.7. The van der Waals surface area contributed by atoms with Crippen LogP contribution in [0.15, 0.2) is 103 Å². The zero-order chi connectivity index (χ0) is 30.9. The summed E-state index contributed by atoms with van der Waals surface area (Å²) in [6.45, 7) is 5.35. The van der Waals surface area contributed by atoms with Gasteiger partial charge in [0, 0.05) is 12.2 Å². The molecule has 7 nitrogen and oxygen atoms in total. The maximum absolute atomic E-state index is 6.46. The van der Waals surface area contributed by atoms with E-state index >= 15 is 0 Å². The van der Waals surface area contributed by atoms with Gasteiger partial charge in [0.2, 0.25) is 0 Å². The van der Waals surface area contributed by atoms with Gasteiger partial charge in [-0.1, -0.05) is 42.5 Å². The van der Waals surface area contributed by atoms with E-state index in [1.807, 2.05) is 55.5 Å². The van der Waals surface area contributed by atoms with Gasteiger partial charge in [-0.05, 0) is 105 Å². The van der Waals surface area contributed by atoms with Crippen molar-refractivity contribution in [2.75, 3.05) is 39.8 Å². The standard InChI is InChI=1S/C39H34O7/c1-2-40-24-45-32-11-6-25-3-4-28(15-29(25)16-32)39-37-19-34(13-8-27(37)9-14-38(39)44-23-36-22-43-36)46-33-12-7-26-5-10-31(17-30(26)18-33)41-20-35-21-42-35/h3-19,35-36H,2,20-24H2,1H3. The molecule has 232 valence electrons. The fourth-order valence-electron chi connectivity index (χ4n) is 5.62. The number of ether oxygens (including phenoxy) is 7. The van der Waals surface area contributed by atoms with Gasteiger partial charge >= 0.3 is 0 Å². The van der Waals surface area contributed by atoms with Gasteiger partial charge < -0.3 is 33.2 Å². The molecule has 2 atom stereocenters. The van der Waals surface area contributed by atoms with Crippen molar-refractivity contribution >= 4 is 32.3 Å². The molecule has 2 saturated heterocycles. The lowest BCUT2D eigenvalue weighted by Crippen LogP contribution is -2.05. The number of hydrogen-bond acceptors (Lipinski definition) is 7. The first kappa shape index (κ1) is 28.6. The highest BCUT2D eigenvalue weighted by Gasteiger charge is 2.25. The minimum Gasteiger partial charge on any atom is -0.491 e. The third-order valence-electron chi connectivity index (χ3n) is 8.25. The molecule has 6 aromatic carbocycles. The van der Waals surface area contributed by atoms with Crippen LogP contribution in [0, 0.1) is 0 Å². The summed E-state index contributed by atoms with van der Waals surface area (Å²) in [6.07, 6.45) is 0.351. The third kappa shape index (κ3) is 6.44. The van der Waals surface area contributed by atoms with Gasteiger partial charge in [0.15, 0.2) is 6.79 Å². The Morgan fingerprint density at radius 2 is 1.13 bits per heavy atom. The molecule has 0 amide bonds. The van der Waals surface area contributed by atoms with Crippen molar-refractivity contribution in [3.8, 4) is 39.9 Å². The van der Waals surface area contributed by atoms with Crippen LogP contribution in [0.5, 0.6) is 28.7 Å². The van der Waals surface area contributed by atoms with Gasteiger partial charge in [-0.25, -0.2) is 0 Å². The molecule has 2 heterocycles. The Morgan fingerprint density at radius 1 is 0.565 bits per heavy atom. The topological polar surface area (TPSA) is 71.2 Å². The normalized spacial score (nSPS) is 16.9. The number of benzene rings is 6. The first-order valence-electron chi connectivity index (χ1n) is 15.7. The molecule has 0 bridgehead atoms. The molecule has 2 aliphatic rings. The molecular weight excluding hydrogens is 580 g/mol. The second-order valence-corrected chi connectivity index (χ2v) is 11.6. The van der Waals surface area contributed by atoms with Gasteiger partial charge in [0.25, 0.3) is 0 Å². The summed E-state index contributed by atoms with van der Waals surface area (Å²) in [4.78, 5) is 0. The molecule has 0 aliphatic carbocycles. The number of hydrogen-bond donors (Lipinski definition) is 0. The fourth-order valence-corrected chi connectivity index (χ4v) is 5.62. The molecule has 0 saturated carbocycles. The molecule has 0 spiro atoms. The van der Waals surface area contributed by atoms with Gasteiger partial charge in [0.1, 0.15) is 54.2 Å². The predicted octanol–water partition coefficient (Wildman–Crippen LogP) is 8.53. The lowest BCUT2D eigenvalue weighted by atomic mass is 9.95. The zero-order valence-corrected chi connectivity index (χ0v) is 25.6. The predicted molar refractivity (Wildman–Crippen MR) is 179 cm³/mol. The van der Waals surface area contributed by atoms with Crippen molar-refractivity contribution in [2.45, 2.75) is 19.1 Å². The number of rotatable bonds is 13. The Balaban J connectivity index is 1.14. The van der Waals surface area contributed by atoms with Crippen molar-refractivity contribution in [3.05, 3.63) is 103 Å². The zero-order valence-electron chi connectivity index (χ0n) is 25.6. The Labute approximate surface area is 267 Å². The van der Waals surface area contributed by atoms with E-state index in [1.165, 1.54) is 0 Å². The number of epoxide rings is 2. The molecule has 2 unspecified atom stereocenters. The SMILES string of the molecule is CCOCOc1ccc2ccc(-c3c(OCC4CO4)ccc4ccc(Oc5ccc6ccc(OCC7CO7)cc6c5)cc34)cc2c1. The van der Waals surface area contributed by atoms with Crippen LogP contribution in [0.3, 0.4) is 0 Å². The summed E-state index contributed by atoms with van der Waals surface area (Å²) < 4.78 is 40.6. The van der Waals surface area contributed by atoms with Crippen LogP contribution in [0.4, 0.5) is 0 Å². The Kier molecular flexibility index (Phi) is 7.80. The highest BCUT2D eigenvalue weighted by Crippen LogP contribution is 2.41. The summed E-state index contributed by atoms with van der Waals surface area (Å²) in [5.41, 5.74) is 2.05. The van der Waals surface area contributed by atoms with E-state index in [9.17, 15) is 0 Å². The molecule has 7 heteroatoms. The van der Waals surface area contributed by atoms with Crippen LogP contribution in [0.25, 0.3) is 43.4 Å². The molecule has 2 aliphatic heterocycles. The minimum atomic E-state index is 0.140.